The van der Waals surface area contributed by atoms with Crippen molar-refractivity contribution >= 4 is 36.1 Å². The molecule has 0 aliphatic heterocycles. The van der Waals surface area contributed by atoms with Crippen molar-refractivity contribution < 1.29 is 9.28 Å². The highest BCUT2D eigenvalue weighted by Gasteiger charge is 2.04. The van der Waals surface area contributed by atoms with Crippen molar-refractivity contribution in [1.29, 1.82) is 0 Å². The number of hydrogen-bond donors (Lipinski definition) is 1. The minimum Gasteiger partial charge on any atom is -0.792 e. The lowest BCUT2D eigenvalue weighted by Crippen LogP contribution is -2.35. The summed E-state index contributed by atoms with van der Waals surface area (Å²) in [7, 11) is 6.55. The second kappa shape index (κ2) is 10.8. The van der Waals surface area contributed by atoms with E-state index in [4.69, 9.17) is 0 Å². The van der Waals surface area contributed by atoms with Crippen LogP contribution in [0.25, 0.3) is 0 Å². The summed E-state index contributed by atoms with van der Waals surface area (Å²) in [5, 5.41) is 14.7. The van der Waals surface area contributed by atoms with Gasteiger partial charge in [-0.3, -0.25) is 4.79 Å². The first kappa shape index (κ1) is 19.0. The largest absolute Gasteiger partial charge is 0.792 e. The van der Waals surface area contributed by atoms with E-state index in [2.05, 4.69) is 31.6 Å². The van der Waals surface area contributed by atoms with Gasteiger partial charge in [0.1, 0.15) is 0 Å². The van der Waals surface area contributed by atoms with Crippen molar-refractivity contribution in [3.05, 3.63) is 5.21 Å². The van der Waals surface area contributed by atoms with Gasteiger partial charge in [0.15, 0.2) is 0 Å². The quantitative estimate of drug-likeness (QED) is 0.236. The van der Waals surface area contributed by atoms with Crippen LogP contribution in [0.4, 0.5) is 0 Å². The van der Waals surface area contributed by atoms with Crippen molar-refractivity contribution in [3.8, 4) is 0 Å². The van der Waals surface area contributed by atoms with Crippen LogP contribution < -0.4 is 5.32 Å². The molecule has 1 N–H and O–H groups in total. The monoisotopic (exact) mass is 357 g/mol. The molecule has 0 spiro atoms. The molecule has 0 aromatic carbocycles. The Kier molecular flexibility index (Phi) is 12.0. The smallest absolute Gasteiger partial charge is 0.261 e. The molecule has 0 aromatic rings. The highest BCUT2D eigenvalue weighted by atomic mass is 127. The number of carbonyl (C=O) groups excluding carboxylic acids is 1. The lowest BCUT2D eigenvalue weighted by atomic mass is 10.2. The predicted molar refractivity (Wildman–Crippen MR) is 81.7 cm³/mol. The fourth-order valence-corrected chi connectivity index (χ4v) is 1.37. The van der Waals surface area contributed by atoms with E-state index in [1.165, 1.54) is 19.4 Å². The molecule has 0 fully saturated rings. The Bertz CT molecular complexity index is 227. The van der Waals surface area contributed by atoms with E-state index >= 15 is 0 Å². The van der Waals surface area contributed by atoms with Crippen molar-refractivity contribution in [2.75, 3.05) is 34.2 Å². The van der Waals surface area contributed by atoms with Crippen LogP contribution in [0.3, 0.4) is 0 Å². The van der Waals surface area contributed by atoms with Crippen molar-refractivity contribution in [1.82, 2.24) is 5.32 Å². The maximum atomic E-state index is 10.8. The maximum Gasteiger partial charge on any atom is 0.261 e. The number of carbonyl (C=O) groups is 1. The van der Waals surface area contributed by atoms with E-state index in [1.807, 2.05) is 0 Å². The standard InChI is InChI=1S/C11H23N3O2.HI/c1-14(2,3)9-7-5-4-6-8-12-11(15)10-13-16;/h10H,4-9H2,1-3H3,(H-,12,15,16);1H. The molecule has 0 saturated carbocycles. The number of rotatable bonds is 8. The third-order valence-corrected chi connectivity index (χ3v) is 2.22. The molecule has 1 amide bonds. The first-order chi connectivity index (χ1) is 7.45. The number of amides is 1. The van der Waals surface area contributed by atoms with Gasteiger partial charge in [0, 0.05) is 6.54 Å². The van der Waals surface area contributed by atoms with Crippen LogP contribution in [-0.4, -0.2) is 50.8 Å². The molecule has 6 heteroatoms. The van der Waals surface area contributed by atoms with E-state index < -0.39 is 5.91 Å². The molecule has 5 nitrogen and oxygen atoms in total. The average Bonchev–Trinajstić information content (AvgIpc) is 2.15. The van der Waals surface area contributed by atoms with Gasteiger partial charge in [0.05, 0.1) is 33.9 Å². The number of nitrogens with one attached hydrogen (secondary N) is 1. The van der Waals surface area contributed by atoms with Crippen LogP contribution >= 0.6 is 24.0 Å². The molecule has 0 atom stereocenters. The van der Waals surface area contributed by atoms with Gasteiger partial charge in [-0.05, 0) is 19.3 Å². The van der Waals surface area contributed by atoms with Crippen LogP contribution in [0.5, 0.6) is 0 Å². The zero-order chi connectivity index (χ0) is 12.4. The summed E-state index contributed by atoms with van der Waals surface area (Å²) in [5.74, 6) is -0.402. The topological polar surface area (TPSA) is 64.5 Å². The minimum absolute atomic E-state index is 0. The summed E-state index contributed by atoms with van der Waals surface area (Å²) < 4.78 is 0.997. The van der Waals surface area contributed by atoms with E-state index in [0.29, 0.717) is 6.54 Å². The molecular formula is C11H24IN3O2. The summed E-state index contributed by atoms with van der Waals surface area (Å²) in [6, 6.07) is 0. The van der Waals surface area contributed by atoms with Crippen molar-refractivity contribution in [2.45, 2.75) is 25.7 Å². The fourth-order valence-electron chi connectivity index (χ4n) is 1.37. The van der Waals surface area contributed by atoms with Gasteiger partial charge in [-0.2, -0.15) is 0 Å². The Labute approximate surface area is 121 Å². The van der Waals surface area contributed by atoms with Crippen LogP contribution in [-0.2, 0) is 4.79 Å². The number of quaternary nitrogens is 1. The van der Waals surface area contributed by atoms with Gasteiger partial charge in [0.2, 0.25) is 0 Å². The molecule has 0 unspecified atom stereocenters. The van der Waals surface area contributed by atoms with E-state index in [0.717, 1.165) is 23.5 Å². The van der Waals surface area contributed by atoms with Gasteiger partial charge >= 0.3 is 0 Å². The summed E-state index contributed by atoms with van der Waals surface area (Å²) in [6.07, 6.45) is 5.21. The van der Waals surface area contributed by atoms with Gasteiger partial charge in [0.25, 0.3) is 5.91 Å². The Hall–Kier alpha value is -0.370. The van der Waals surface area contributed by atoms with Gasteiger partial charge in [-0.1, -0.05) is 6.42 Å². The second-order valence-electron chi connectivity index (χ2n) is 4.95. The fraction of sp³-hybridized carbons (Fsp3) is 0.818. The van der Waals surface area contributed by atoms with Gasteiger partial charge in [-0.15, -0.1) is 24.0 Å². The zero-order valence-electron chi connectivity index (χ0n) is 10.9. The molecule has 0 aromatic heterocycles. The van der Waals surface area contributed by atoms with E-state index in [-0.39, 0.29) is 24.0 Å². The summed E-state index contributed by atoms with van der Waals surface area (Å²) in [5.41, 5.74) is 0. The van der Waals surface area contributed by atoms with E-state index in [9.17, 15) is 10.0 Å². The van der Waals surface area contributed by atoms with Crippen LogP contribution in [0.2, 0.25) is 0 Å². The van der Waals surface area contributed by atoms with Crippen LogP contribution in [0.1, 0.15) is 25.7 Å². The Morgan fingerprint density at radius 1 is 1.24 bits per heavy atom. The van der Waals surface area contributed by atoms with Crippen LogP contribution in [0.15, 0.2) is 5.16 Å². The first-order valence-electron chi connectivity index (χ1n) is 5.69. The third kappa shape index (κ3) is 15.6. The Morgan fingerprint density at radius 2 is 1.82 bits per heavy atom. The lowest BCUT2D eigenvalue weighted by molar-refractivity contribution is -0.870. The highest BCUT2D eigenvalue weighted by molar-refractivity contribution is 14.0. The molecule has 0 rings (SSSR count). The minimum atomic E-state index is -0.402. The Balaban J connectivity index is 0. The molecule has 0 radical (unpaired) electrons. The average molecular weight is 357 g/mol. The number of hydrogen-bond acceptors (Lipinski definition) is 3. The van der Waals surface area contributed by atoms with Gasteiger partial charge in [-0.25, -0.2) is 0 Å². The third-order valence-electron chi connectivity index (χ3n) is 2.22. The van der Waals surface area contributed by atoms with Crippen molar-refractivity contribution in [2.24, 2.45) is 5.16 Å². The normalized spacial score (nSPS) is 11.2. The molecule has 0 saturated heterocycles. The number of nitrogens with zero attached hydrogens (tertiary/aromatic N) is 2. The SMILES string of the molecule is C[N+](C)(C)CCCCCCNC(=O)/C=N/[O-].I. The molecule has 0 aliphatic carbocycles. The first-order valence-corrected chi connectivity index (χ1v) is 5.69. The van der Waals surface area contributed by atoms with E-state index in [1.54, 1.807) is 0 Å². The summed E-state index contributed by atoms with van der Waals surface area (Å²) in [6.45, 7) is 1.80. The van der Waals surface area contributed by atoms with Crippen LogP contribution in [0, 0.1) is 5.21 Å². The zero-order valence-corrected chi connectivity index (χ0v) is 13.3. The second-order valence-corrected chi connectivity index (χ2v) is 4.95. The number of unbranched alkanes of at least 4 members (excludes halogenated alkanes) is 3. The molecule has 17 heavy (non-hydrogen) atoms. The van der Waals surface area contributed by atoms with Crippen molar-refractivity contribution in [3.63, 3.8) is 0 Å². The summed E-state index contributed by atoms with van der Waals surface area (Å²) >= 11 is 0. The number of halogens is 1. The molecule has 0 heterocycles. The summed E-state index contributed by atoms with van der Waals surface area (Å²) in [4.78, 5) is 10.8. The lowest BCUT2D eigenvalue weighted by Gasteiger charge is -2.23. The molecule has 102 valence electrons. The molecular weight excluding hydrogens is 333 g/mol. The molecule has 0 aliphatic rings. The van der Waals surface area contributed by atoms with Gasteiger partial charge < -0.3 is 20.2 Å². The molecule has 0 bridgehead atoms. The highest BCUT2D eigenvalue weighted by Crippen LogP contribution is 2.02. The maximum absolute atomic E-state index is 10.8. The Morgan fingerprint density at radius 3 is 2.35 bits per heavy atom. The predicted octanol–water partition coefficient (Wildman–Crippen LogP) is 1.56.